The Balaban J connectivity index is 0.000000970. The molecule has 2 aromatic carbocycles. The van der Waals surface area contributed by atoms with E-state index >= 15 is 0 Å². The van der Waals surface area contributed by atoms with Crippen LogP contribution in [0.5, 0.6) is 11.5 Å². The highest BCUT2D eigenvalue weighted by Gasteiger charge is 2.17. The third-order valence-electron chi connectivity index (χ3n) is 3.34. The van der Waals surface area contributed by atoms with Crippen LogP contribution in [0.4, 0.5) is 5.69 Å². The molecule has 4 heteroatoms. The van der Waals surface area contributed by atoms with Crippen molar-refractivity contribution in [2.75, 3.05) is 14.2 Å². The zero-order valence-electron chi connectivity index (χ0n) is 15.6. The highest BCUT2D eigenvalue weighted by Crippen LogP contribution is 2.44. The summed E-state index contributed by atoms with van der Waals surface area (Å²) in [4.78, 5) is 4.11. The van der Waals surface area contributed by atoms with E-state index in [0.717, 1.165) is 22.4 Å². The largest absolute Gasteiger partial charge is 0.497 e. The van der Waals surface area contributed by atoms with Gasteiger partial charge in [0.25, 0.3) is 0 Å². The Morgan fingerprint density at radius 2 is 1.72 bits per heavy atom. The quantitative estimate of drug-likeness (QED) is 0.549. The molecule has 0 amide bonds. The molecule has 0 fully saturated rings. The summed E-state index contributed by atoms with van der Waals surface area (Å²) in [5, 5.41) is 0.604. The molecule has 0 heterocycles. The molecule has 0 bridgehead atoms. The molecule has 0 saturated heterocycles. The molecule has 0 spiro atoms. The Morgan fingerprint density at radius 1 is 1.12 bits per heavy atom. The van der Waals surface area contributed by atoms with Gasteiger partial charge in [-0.3, -0.25) is 4.99 Å². The molecule has 134 valence electrons. The molecular weight excluding hydrogens is 334 g/mol. The van der Waals surface area contributed by atoms with Gasteiger partial charge in [-0.2, -0.15) is 0 Å². The van der Waals surface area contributed by atoms with Crippen molar-refractivity contribution in [1.82, 2.24) is 0 Å². The van der Waals surface area contributed by atoms with E-state index in [1.807, 2.05) is 49.4 Å². The first-order valence-electron chi connectivity index (χ1n) is 8.22. The van der Waals surface area contributed by atoms with Gasteiger partial charge in [0.05, 0.1) is 19.2 Å². The summed E-state index contributed by atoms with van der Waals surface area (Å²) in [5.41, 5.74) is 3.27. The zero-order chi connectivity index (χ0) is 18.8. The number of rotatable bonds is 5. The van der Waals surface area contributed by atoms with Crippen LogP contribution in [-0.2, 0) is 0 Å². The van der Waals surface area contributed by atoms with Crippen LogP contribution in [-0.4, -0.2) is 20.9 Å². The number of benzene rings is 2. The molecule has 0 N–H and O–H groups in total. The molecule has 0 radical (unpaired) electrons. The van der Waals surface area contributed by atoms with Gasteiger partial charge in [-0.05, 0) is 37.4 Å². The van der Waals surface area contributed by atoms with Crippen molar-refractivity contribution in [3.63, 3.8) is 0 Å². The first kappa shape index (κ1) is 20.8. The monoisotopic (exact) mass is 359 g/mol. The number of nitrogens with zero attached hydrogens (tertiary/aromatic N) is 1. The van der Waals surface area contributed by atoms with Crippen LogP contribution in [0.1, 0.15) is 32.8 Å². The Morgan fingerprint density at radius 3 is 2.16 bits per heavy atom. The molecule has 2 rings (SSSR count). The van der Waals surface area contributed by atoms with E-state index in [4.69, 9.17) is 21.1 Å². The van der Waals surface area contributed by atoms with E-state index in [1.165, 1.54) is 6.42 Å². The Labute approximate surface area is 156 Å². The molecule has 0 aliphatic heterocycles. The van der Waals surface area contributed by atoms with E-state index < -0.39 is 0 Å². The van der Waals surface area contributed by atoms with Crippen LogP contribution in [0, 0.1) is 0 Å². The molecule has 3 nitrogen and oxygen atoms in total. The van der Waals surface area contributed by atoms with Crippen LogP contribution >= 0.6 is 11.6 Å². The molecule has 0 atom stereocenters. The summed E-state index contributed by atoms with van der Waals surface area (Å²) in [6.07, 6.45) is 5.05. The second kappa shape index (κ2) is 10.6. The SMILES string of the molecule is C=Nc1c(/C=C\C)c(Cl)cc(-c2ccc(OC)cc2)c1OC.CCC. The van der Waals surface area contributed by atoms with Crippen LogP contribution in [0.25, 0.3) is 17.2 Å². The molecule has 25 heavy (non-hydrogen) atoms. The van der Waals surface area contributed by atoms with Gasteiger partial charge in [0.15, 0.2) is 5.75 Å². The summed E-state index contributed by atoms with van der Waals surface area (Å²) < 4.78 is 10.7. The van der Waals surface area contributed by atoms with Gasteiger partial charge in [-0.1, -0.05) is 56.2 Å². The van der Waals surface area contributed by atoms with Gasteiger partial charge < -0.3 is 9.47 Å². The van der Waals surface area contributed by atoms with E-state index in [9.17, 15) is 0 Å². The summed E-state index contributed by atoms with van der Waals surface area (Å²) in [5.74, 6) is 1.44. The van der Waals surface area contributed by atoms with Gasteiger partial charge in [0.2, 0.25) is 0 Å². The number of aliphatic imine (C=N–C) groups is 1. The third-order valence-corrected chi connectivity index (χ3v) is 3.65. The first-order valence-corrected chi connectivity index (χ1v) is 8.59. The van der Waals surface area contributed by atoms with Gasteiger partial charge in [0, 0.05) is 11.1 Å². The number of halogens is 1. The Kier molecular flexibility index (Phi) is 8.79. The lowest BCUT2D eigenvalue weighted by Crippen LogP contribution is -1.92. The van der Waals surface area contributed by atoms with Crippen LogP contribution in [0.15, 0.2) is 41.4 Å². The maximum Gasteiger partial charge on any atom is 0.152 e. The summed E-state index contributed by atoms with van der Waals surface area (Å²) >= 11 is 6.41. The number of ether oxygens (including phenoxy) is 2. The molecular formula is C21H26ClNO2. The summed E-state index contributed by atoms with van der Waals surface area (Å²) in [6.45, 7) is 9.82. The minimum Gasteiger partial charge on any atom is -0.497 e. The van der Waals surface area contributed by atoms with E-state index in [2.05, 4.69) is 25.6 Å². The average Bonchev–Trinajstić information content (AvgIpc) is 2.63. The maximum absolute atomic E-state index is 6.41. The lowest BCUT2D eigenvalue weighted by atomic mass is 10.00. The molecule has 0 aliphatic carbocycles. The van der Waals surface area contributed by atoms with Crippen molar-refractivity contribution in [1.29, 1.82) is 0 Å². The standard InChI is InChI=1S/C18H18ClNO2.C3H8/c1-5-6-14-16(19)11-15(18(22-4)17(14)20-2)12-7-9-13(21-3)10-8-12;1-3-2/h5-11H,2H2,1,3-4H3;3H2,1-2H3/b6-5-;. The minimum atomic E-state index is 0.604. The second-order valence-electron chi connectivity index (χ2n) is 5.30. The lowest BCUT2D eigenvalue weighted by molar-refractivity contribution is 0.414. The van der Waals surface area contributed by atoms with Crippen LogP contribution in [0.2, 0.25) is 5.02 Å². The smallest absolute Gasteiger partial charge is 0.152 e. The highest BCUT2D eigenvalue weighted by atomic mass is 35.5. The normalized spacial score (nSPS) is 10.2. The molecule has 0 aliphatic rings. The van der Waals surface area contributed by atoms with Gasteiger partial charge in [-0.15, -0.1) is 0 Å². The Bertz CT molecular complexity index is 722. The predicted molar refractivity (Wildman–Crippen MR) is 110 cm³/mol. The lowest BCUT2D eigenvalue weighted by Gasteiger charge is -2.15. The van der Waals surface area contributed by atoms with E-state index in [0.29, 0.717) is 16.5 Å². The Hall–Kier alpha value is -2.26. The maximum atomic E-state index is 6.41. The molecule has 0 saturated carbocycles. The second-order valence-corrected chi connectivity index (χ2v) is 5.70. The van der Waals surface area contributed by atoms with Crippen LogP contribution in [0.3, 0.4) is 0 Å². The zero-order valence-corrected chi connectivity index (χ0v) is 16.4. The van der Waals surface area contributed by atoms with Gasteiger partial charge in [-0.25, -0.2) is 0 Å². The van der Waals surface area contributed by atoms with E-state index in [-0.39, 0.29) is 0 Å². The summed E-state index contributed by atoms with van der Waals surface area (Å²) in [7, 11) is 3.25. The fourth-order valence-electron chi connectivity index (χ4n) is 2.31. The molecule has 2 aromatic rings. The molecule has 0 aromatic heterocycles. The minimum absolute atomic E-state index is 0.604. The fourth-order valence-corrected chi connectivity index (χ4v) is 2.57. The average molecular weight is 360 g/mol. The number of hydrogen-bond donors (Lipinski definition) is 0. The van der Waals surface area contributed by atoms with Crippen molar-refractivity contribution in [2.24, 2.45) is 4.99 Å². The van der Waals surface area contributed by atoms with Gasteiger partial charge in [0.1, 0.15) is 11.4 Å². The fraction of sp³-hybridized carbons (Fsp3) is 0.286. The molecule has 0 unspecified atom stereocenters. The van der Waals surface area contributed by atoms with Crippen molar-refractivity contribution in [3.05, 3.63) is 47.0 Å². The van der Waals surface area contributed by atoms with Crippen molar-refractivity contribution >= 4 is 30.1 Å². The summed E-state index contributed by atoms with van der Waals surface area (Å²) in [6, 6.07) is 9.57. The highest BCUT2D eigenvalue weighted by molar-refractivity contribution is 6.33. The van der Waals surface area contributed by atoms with Crippen LogP contribution < -0.4 is 9.47 Å². The third kappa shape index (κ3) is 5.10. The number of allylic oxidation sites excluding steroid dienone is 1. The predicted octanol–water partition coefficient (Wildman–Crippen LogP) is 6.81. The first-order chi connectivity index (χ1) is 12.1. The topological polar surface area (TPSA) is 30.8 Å². The van der Waals surface area contributed by atoms with Crippen molar-refractivity contribution in [2.45, 2.75) is 27.2 Å². The van der Waals surface area contributed by atoms with Crippen molar-refractivity contribution < 1.29 is 9.47 Å². The number of hydrogen-bond acceptors (Lipinski definition) is 3. The van der Waals surface area contributed by atoms with Gasteiger partial charge >= 0.3 is 0 Å². The van der Waals surface area contributed by atoms with E-state index in [1.54, 1.807) is 14.2 Å². The van der Waals surface area contributed by atoms with Crippen molar-refractivity contribution in [3.8, 4) is 22.6 Å². The number of methoxy groups -OCH3 is 2.